The van der Waals surface area contributed by atoms with Crippen LogP contribution in [0.4, 0.5) is 24.5 Å². The second-order valence-electron chi connectivity index (χ2n) is 6.33. The number of halogens is 3. The van der Waals surface area contributed by atoms with Crippen LogP contribution in [0.1, 0.15) is 23.7 Å². The molecule has 0 fully saturated rings. The summed E-state index contributed by atoms with van der Waals surface area (Å²) in [5, 5.41) is 6.33. The number of anilines is 2. The van der Waals surface area contributed by atoms with Gasteiger partial charge in [-0.1, -0.05) is 35.5 Å². The number of hydrogen-bond acceptors (Lipinski definition) is 4. The van der Waals surface area contributed by atoms with E-state index in [-0.39, 0.29) is 23.9 Å². The summed E-state index contributed by atoms with van der Waals surface area (Å²) in [6.45, 7) is 0. The van der Waals surface area contributed by atoms with Crippen molar-refractivity contribution in [3.63, 3.8) is 0 Å². The Morgan fingerprint density at radius 3 is 2.52 bits per heavy atom. The van der Waals surface area contributed by atoms with Gasteiger partial charge in [0.05, 0.1) is 16.9 Å². The zero-order valence-corrected chi connectivity index (χ0v) is 14.7. The molecule has 1 N–H and O–H groups in total. The van der Waals surface area contributed by atoms with Crippen molar-refractivity contribution < 1.29 is 22.8 Å². The van der Waals surface area contributed by atoms with Gasteiger partial charge in [-0.15, -0.1) is 0 Å². The van der Waals surface area contributed by atoms with Gasteiger partial charge < -0.3 is 15.1 Å². The van der Waals surface area contributed by atoms with Crippen LogP contribution in [0.3, 0.4) is 0 Å². The highest BCUT2D eigenvalue weighted by atomic mass is 19.4. The lowest BCUT2D eigenvalue weighted by molar-refractivity contribution is -0.137. The summed E-state index contributed by atoms with van der Waals surface area (Å²) < 4.78 is 39.0. The predicted molar refractivity (Wildman–Crippen MR) is 96.7 cm³/mol. The molecule has 1 heterocycles. The molecule has 1 unspecified atom stereocenters. The number of nitrogens with zero attached hydrogens (tertiary/aromatic N) is 2. The number of carbonyl (C=O) groups excluding carboxylic acids is 1. The third kappa shape index (κ3) is 4.21. The van der Waals surface area contributed by atoms with Gasteiger partial charge in [-0.3, -0.25) is 4.79 Å². The van der Waals surface area contributed by atoms with Crippen molar-refractivity contribution in [2.45, 2.75) is 18.7 Å². The summed E-state index contributed by atoms with van der Waals surface area (Å²) >= 11 is 0. The fourth-order valence-electron chi connectivity index (χ4n) is 2.75. The molecule has 2 aromatic carbocycles. The number of benzene rings is 2. The molecule has 0 saturated heterocycles. The SMILES string of the molecule is CN(C)c1ccc(C(F)(F)F)cc1NC(=O)C1=NOC(c2ccccc2)C1. The molecule has 8 heteroatoms. The summed E-state index contributed by atoms with van der Waals surface area (Å²) in [5.41, 5.74) is 0.680. The van der Waals surface area contributed by atoms with E-state index in [4.69, 9.17) is 4.84 Å². The average molecular weight is 377 g/mol. The lowest BCUT2D eigenvalue weighted by Crippen LogP contribution is -2.24. The maximum Gasteiger partial charge on any atom is 0.416 e. The predicted octanol–water partition coefficient (Wildman–Crippen LogP) is 4.23. The van der Waals surface area contributed by atoms with Gasteiger partial charge in [0.1, 0.15) is 5.71 Å². The van der Waals surface area contributed by atoms with Gasteiger partial charge in [-0.05, 0) is 23.8 Å². The molecule has 27 heavy (non-hydrogen) atoms. The number of rotatable bonds is 4. The standard InChI is InChI=1S/C19H18F3N3O2/c1-25(2)16-9-8-13(19(20,21)22)10-14(16)23-18(26)15-11-17(27-24-15)12-6-4-3-5-7-12/h3-10,17H,11H2,1-2H3,(H,23,26). The first-order chi connectivity index (χ1) is 12.8. The minimum atomic E-state index is -4.50. The molecule has 1 aliphatic rings. The molecular formula is C19H18F3N3O2. The third-order valence-electron chi connectivity index (χ3n) is 4.16. The molecule has 1 amide bonds. The highest BCUT2D eigenvalue weighted by Crippen LogP contribution is 2.35. The zero-order valence-electron chi connectivity index (χ0n) is 14.7. The summed E-state index contributed by atoms with van der Waals surface area (Å²) in [5.74, 6) is -0.587. The van der Waals surface area contributed by atoms with Crippen LogP contribution >= 0.6 is 0 Å². The monoisotopic (exact) mass is 377 g/mol. The topological polar surface area (TPSA) is 53.9 Å². The summed E-state index contributed by atoms with van der Waals surface area (Å²) in [4.78, 5) is 19.4. The van der Waals surface area contributed by atoms with E-state index in [1.807, 2.05) is 30.3 Å². The quantitative estimate of drug-likeness (QED) is 0.868. The van der Waals surface area contributed by atoms with Crippen LogP contribution in [0.2, 0.25) is 0 Å². The Kier molecular flexibility index (Phi) is 5.07. The van der Waals surface area contributed by atoms with Crippen LogP contribution in [0, 0.1) is 0 Å². The second kappa shape index (κ2) is 7.30. The van der Waals surface area contributed by atoms with Crippen molar-refractivity contribution in [1.82, 2.24) is 0 Å². The number of alkyl halides is 3. The average Bonchev–Trinajstić information content (AvgIpc) is 3.12. The van der Waals surface area contributed by atoms with E-state index >= 15 is 0 Å². The molecule has 5 nitrogen and oxygen atoms in total. The molecule has 0 bridgehead atoms. The highest BCUT2D eigenvalue weighted by molar-refractivity contribution is 6.43. The molecule has 0 saturated carbocycles. The normalized spacial score (nSPS) is 16.5. The Labute approximate surface area is 154 Å². The van der Waals surface area contributed by atoms with Gasteiger partial charge in [-0.25, -0.2) is 0 Å². The van der Waals surface area contributed by atoms with Crippen LogP contribution in [0.5, 0.6) is 0 Å². The highest BCUT2D eigenvalue weighted by Gasteiger charge is 2.32. The van der Waals surface area contributed by atoms with Crippen molar-refractivity contribution in [1.29, 1.82) is 0 Å². The molecule has 0 spiro atoms. The molecule has 142 valence electrons. The van der Waals surface area contributed by atoms with Crippen LogP contribution in [-0.2, 0) is 15.8 Å². The number of hydrogen-bond donors (Lipinski definition) is 1. The van der Waals surface area contributed by atoms with E-state index in [9.17, 15) is 18.0 Å². The molecule has 2 aromatic rings. The molecule has 0 radical (unpaired) electrons. The van der Waals surface area contributed by atoms with Crippen molar-refractivity contribution >= 4 is 23.0 Å². The van der Waals surface area contributed by atoms with Gasteiger partial charge in [0, 0.05) is 20.5 Å². The van der Waals surface area contributed by atoms with E-state index in [0.29, 0.717) is 5.69 Å². The van der Waals surface area contributed by atoms with E-state index in [0.717, 1.165) is 17.7 Å². The summed E-state index contributed by atoms with van der Waals surface area (Å²) in [6, 6.07) is 12.5. The Hall–Kier alpha value is -3.03. The first-order valence-corrected chi connectivity index (χ1v) is 8.23. The minimum Gasteiger partial charge on any atom is -0.387 e. The van der Waals surface area contributed by atoms with E-state index < -0.39 is 17.6 Å². The first-order valence-electron chi connectivity index (χ1n) is 8.23. The molecule has 3 rings (SSSR count). The molecular weight excluding hydrogens is 359 g/mol. The molecule has 0 aromatic heterocycles. The third-order valence-corrected chi connectivity index (χ3v) is 4.16. The first kappa shape index (κ1) is 18.8. The molecule has 1 atom stereocenters. The summed E-state index contributed by atoms with van der Waals surface area (Å²) in [6.07, 6.45) is -4.65. The van der Waals surface area contributed by atoms with E-state index in [2.05, 4.69) is 10.5 Å². The summed E-state index contributed by atoms with van der Waals surface area (Å²) in [7, 11) is 3.36. The van der Waals surface area contributed by atoms with Crippen molar-refractivity contribution in [3.05, 3.63) is 59.7 Å². The number of oxime groups is 1. The Balaban J connectivity index is 1.78. The van der Waals surface area contributed by atoms with Gasteiger partial charge in [0.15, 0.2) is 6.10 Å². The Morgan fingerprint density at radius 1 is 1.19 bits per heavy atom. The lowest BCUT2D eigenvalue weighted by atomic mass is 10.0. The molecule has 0 aliphatic carbocycles. The maximum absolute atomic E-state index is 13.0. The van der Waals surface area contributed by atoms with Crippen LogP contribution in [-0.4, -0.2) is 25.7 Å². The largest absolute Gasteiger partial charge is 0.416 e. The minimum absolute atomic E-state index is 0.0608. The van der Waals surface area contributed by atoms with Crippen LogP contribution in [0.25, 0.3) is 0 Å². The smallest absolute Gasteiger partial charge is 0.387 e. The fourth-order valence-corrected chi connectivity index (χ4v) is 2.75. The Bertz CT molecular complexity index is 864. The van der Waals surface area contributed by atoms with Gasteiger partial charge in [-0.2, -0.15) is 13.2 Å². The van der Waals surface area contributed by atoms with Crippen molar-refractivity contribution in [2.24, 2.45) is 5.16 Å². The van der Waals surface area contributed by atoms with Gasteiger partial charge in [0.2, 0.25) is 0 Å². The van der Waals surface area contributed by atoms with Crippen molar-refractivity contribution in [2.75, 3.05) is 24.3 Å². The van der Waals surface area contributed by atoms with E-state index in [1.54, 1.807) is 19.0 Å². The van der Waals surface area contributed by atoms with Crippen LogP contribution in [0.15, 0.2) is 53.7 Å². The van der Waals surface area contributed by atoms with Crippen LogP contribution < -0.4 is 10.2 Å². The zero-order chi connectivity index (χ0) is 19.6. The number of carbonyl (C=O) groups is 1. The van der Waals surface area contributed by atoms with Gasteiger partial charge in [0.25, 0.3) is 5.91 Å². The maximum atomic E-state index is 13.0. The van der Waals surface area contributed by atoms with E-state index in [1.165, 1.54) is 6.07 Å². The van der Waals surface area contributed by atoms with Crippen molar-refractivity contribution in [3.8, 4) is 0 Å². The fraction of sp³-hybridized carbons (Fsp3) is 0.263. The number of nitrogens with one attached hydrogen (secondary N) is 1. The molecule has 1 aliphatic heterocycles. The Morgan fingerprint density at radius 2 is 1.89 bits per heavy atom. The number of amides is 1. The lowest BCUT2D eigenvalue weighted by Gasteiger charge is -2.19. The second-order valence-corrected chi connectivity index (χ2v) is 6.33. The van der Waals surface area contributed by atoms with Gasteiger partial charge >= 0.3 is 6.18 Å².